The SMILES string of the molecule is N#CC1C=Cc2cc3ccccc3cc2S1=O. The van der Waals surface area contributed by atoms with Crippen LogP contribution in [0.3, 0.4) is 0 Å². The summed E-state index contributed by atoms with van der Waals surface area (Å²) in [6, 6.07) is 14.0. The Bertz CT molecular complexity index is 697. The van der Waals surface area contributed by atoms with Crippen molar-refractivity contribution < 1.29 is 4.21 Å². The molecule has 2 aromatic rings. The number of rotatable bonds is 0. The van der Waals surface area contributed by atoms with Crippen LogP contribution in [-0.4, -0.2) is 9.46 Å². The van der Waals surface area contributed by atoms with Gasteiger partial charge in [-0.25, -0.2) is 0 Å². The number of nitriles is 1. The fourth-order valence-corrected chi connectivity index (χ4v) is 3.22. The van der Waals surface area contributed by atoms with E-state index in [0.717, 1.165) is 21.2 Å². The van der Waals surface area contributed by atoms with E-state index in [9.17, 15) is 4.21 Å². The quantitative estimate of drug-likeness (QED) is 0.709. The first-order valence-corrected chi connectivity index (χ1v) is 6.52. The lowest BCUT2D eigenvalue weighted by molar-refractivity contribution is 0.682. The molecule has 17 heavy (non-hydrogen) atoms. The monoisotopic (exact) mass is 239 g/mol. The average Bonchev–Trinajstić information content (AvgIpc) is 2.37. The maximum atomic E-state index is 12.1. The van der Waals surface area contributed by atoms with Crippen LogP contribution in [0.5, 0.6) is 0 Å². The van der Waals surface area contributed by atoms with Crippen LogP contribution < -0.4 is 0 Å². The number of hydrogen-bond acceptors (Lipinski definition) is 2. The van der Waals surface area contributed by atoms with Crippen LogP contribution in [0.15, 0.2) is 47.4 Å². The molecule has 0 aliphatic carbocycles. The number of hydrogen-bond donors (Lipinski definition) is 0. The molecule has 0 bridgehead atoms. The molecule has 0 saturated heterocycles. The van der Waals surface area contributed by atoms with Crippen molar-refractivity contribution in [3.63, 3.8) is 0 Å². The largest absolute Gasteiger partial charge is 0.253 e. The lowest BCUT2D eigenvalue weighted by atomic mass is 10.1. The van der Waals surface area contributed by atoms with Gasteiger partial charge in [0.25, 0.3) is 0 Å². The summed E-state index contributed by atoms with van der Waals surface area (Å²) in [5.41, 5.74) is 0.952. The van der Waals surface area contributed by atoms with Gasteiger partial charge in [-0.1, -0.05) is 36.4 Å². The van der Waals surface area contributed by atoms with Crippen molar-refractivity contribution in [1.29, 1.82) is 5.26 Å². The van der Waals surface area contributed by atoms with E-state index < -0.39 is 16.0 Å². The van der Waals surface area contributed by atoms with Gasteiger partial charge in [-0.2, -0.15) is 5.26 Å². The molecule has 2 unspecified atom stereocenters. The minimum Gasteiger partial charge on any atom is -0.253 e. The van der Waals surface area contributed by atoms with Crippen LogP contribution in [-0.2, 0) is 10.8 Å². The summed E-state index contributed by atoms with van der Waals surface area (Å²) in [5.74, 6) is 0. The van der Waals surface area contributed by atoms with Crippen LogP contribution in [0.25, 0.3) is 16.8 Å². The van der Waals surface area contributed by atoms with E-state index >= 15 is 0 Å². The van der Waals surface area contributed by atoms with Crippen LogP contribution in [0.1, 0.15) is 5.56 Å². The van der Waals surface area contributed by atoms with E-state index in [1.807, 2.05) is 42.5 Å². The van der Waals surface area contributed by atoms with Crippen molar-refractivity contribution in [2.75, 3.05) is 0 Å². The van der Waals surface area contributed by atoms with Gasteiger partial charge in [0, 0.05) is 4.90 Å². The maximum Gasteiger partial charge on any atom is 0.144 e. The van der Waals surface area contributed by atoms with Gasteiger partial charge >= 0.3 is 0 Å². The number of fused-ring (bicyclic) bond motifs is 2. The highest BCUT2D eigenvalue weighted by atomic mass is 32.2. The van der Waals surface area contributed by atoms with Crippen LogP contribution in [0, 0.1) is 11.3 Å². The van der Waals surface area contributed by atoms with E-state index in [4.69, 9.17) is 5.26 Å². The lowest BCUT2D eigenvalue weighted by Gasteiger charge is -2.14. The van der Waals surface area contributed by atoms with Crippen LogP contribution in [0.4, 0.5) is 0 Å². The zero-order valence-electron chi connectivity index (χ0n) is 8.96. The summed E-state index contributed by atoms with van der Waals surface area (Å²) in [6.45, 7) is 0. The maximum absolute atomic E-state index is 12.1. The second kappa shape index (κ2) is 3.83. The van der Waals surface area contributed by atoms with Crippen molar-refractivity contribution in [2.45, 2.75) is 10.1 Å². The third-order valence-electron chi connectivity index (χ3n) is 2.90. The highest BCUT2D eigenvalue weighted by Gasteiger charge is 2.21. The first-order valence-electron chi connectivity index (χ1n) is 5.31. The molecule has 1 aliphatic heterocycles. The molecule has 2 atom stereocenters. The highest BCUT2D eigenvalue weighted by Crippen LogP contribution is 2.28. The van der Waals surface area contributed by atoms with Crippen molar-refractivity contribution in [1.82, 2.24) is 0 Å². The number of nitrogens with zero attached hydrogens (tertiary/aromatic N) is 1. The molecule has 0 N–H and O–H groups in total. The van der Waals surface area contributed by atoms with E-state index in [0.29, 0.717) is 0 Å². The topological polar surface area (TPSA) is 40.9 Å². The van der Waals surface area contributed by atoms with Gasteiger partial charge in [0.1, 0.15) is 5.25 Å². The molecular formula is C14H9NOS. The molecule has 2 nitrogen and oxygen atoms in total. The van der Waals surface area contributed by atoms with E-state index in [1.54, 1.807) is 6.08 Å². The zero-order chi connectivity index (χ0) is 11.8. The van der Waals surface area contributed by atoms with Gasteiger partial charge in [-0.05, 0) is 28.5 Å². The Morgan fingerprint density at radius 3 is 2.59 bits per heavy atom. The third-order valence-corrected chi connectivity index (χ3v) is 4.41. The van der Waals surface area contributed by atoms with Crippen molar-refractivity contribution in [3.8, 4) is 6.07 Å². The van der Waals surface area contributed by atoms with Gasteiger partial charge in [0.2, 0.25) is 0 Å². The Morgan fingerprint density at radius 2 is 1.88 bits per heavy atom. The highest BCUT2D eigenvalue weighted by molar-refractivity contribution is 7.86. The molecule has 1 aliphatic rings. The van der Waals surface area contributed by atoms with Crippen molar-refractivity contribution in [3.05, 3.63) is 48.0 Å². The van der Waals surface area contributed by atoms with Gasteiger partial charge in [0.15, 0.2) is 0 Å². The first kappa shape index (κ1) is 10.2. The molecule has 3 rings (SSSR count). The molecule has 3 heteroatoms. The molecule has 0 radical (unpaired) electrons. The second-order valence-corrected chi connectivity index (χ2v) is 5.49. The van der Waals surface area contributed by atoms with Crippen molar-refractivity contribution in [2.24, 2.45) is 0 Å². The molecule has 82 valence electrons. The summed E-state index contributed by atoms with van der Waals surface area (Å²) >= 11 is 0. The fraction of sp³-hybridized carbons (Fsp3) is 0.0714. The molecule has 0 fully saturated rings. The Labute approximate surface area is 102 Å². The van der Waals surface area contributed by atoms with Gasteiger partial charge < -0.3 is 0 Å². The van der Waals surface area contributed by atoms with Gasteiger partial charge in [0.05, 0.1) is 16.9 Å². The summed E-state index contributed by atoms with van der Waals surface area (Å²) in [5, 5.41) is 10.6. The zero-order valence-corrected chi connectivity index (χ0v) is 9.78. The molecule has 0 amide bonds. The van der Waals surface area contributed by atoms with E-state index in [2.05, 4.69) is 6.07 Å². The molecule has 0 saturated carbocycles. The predicted octanol–water partition coefficient (Wildman–Crippen LogP) is 2.87. The molecule has 0 aromatic heterocycles. The van der Waals surface area contributed by atoms with Crippen LogP contribution in [0.2, 0.25) is 0 Å². The third kappa shape index (κ3) is 1.58. The fourth-order valence-electron chi connectivity index (χ4n) is 2.03. The van der Waals surface area contributed by atoms with Gasteiger partial charge in [-0.3, -0.25) is 4.21 Å². The Balaban J connectivity index is 2.29. The molecule has 1 heterocycles. The average molecular weight is 239 g/mol. The Kier molecular flexibility index (Phi) is 2.31. The second-order valence-electron chi connectivity index (χ2n) is 3.94. The van der Waals surface area contributed by atoms with E-state index in [1.165, 1.54) is 0 Å². The molecule has 2 aromatic carbocycles. The summed E-state index contributed by atoms with van der Waals surface area (Å²) in [7, 11) is -1.26. The Morgan fingerprint density at radius 1 is 1.18 bits per heavy atom. The minimum atomic E-state index is -1.26. The summed E-state index contributed by atoms with van der Waals surface area (Å²) in [6.07, 6.45) is 3.60. The van der Waals surface area contributed by atoms with Crippen molar-refractivity contribution >= 4 is 27.6 Å². The summed E-state index contributed by atoms with van der Waals surface area (Å²) in [4.78, 5) is 0.762. The molecular weight excluding hydrogens is 230 g/mol. The number of benzene rings is 2. The van der Waals surface area contributed by atoms with Crippen LogP contribution >= 0.6 is 0 Å². The standard InChI is InChI=1S/C14H9NOS/c15-9-13-6-5-12-7-10-3-1-2-4-11(10)8-14(12)17(13)16/h1-8,13H. The lowest BCUT2D eigenvalue weighted by Crippen LogP contribution is -2.14. The first-order chi connectivity index (χ1) is 8.29. The normalized spacial score (nSPS) is 22.1. The summed E-state index contributed by atoms with van der Waals surface area (Å²) < 4.78 is 12.1. The minimum absolute atomic E-state index is 0.524. The molecule has 0 spiro atoms. The smallest absolute Gasteiger partial charge is 0.144 e. The Hall–Kier alpha value is -1.92. The predicted molar refractivity (Wildman–Crippen MR) is 68.8 cm³/mol. The van der Waals surface area contributed by atoms with E-state index in [-0.39, 0.29) is 0 Å². The van der Waals surface area contributed by atoms with Gasteiger partial charge in [-0.15, -0.1) is 0 Å².